The van der Waals surface area contributed by atoms with Crippen LogP contribution >= 0.6 is 0 Å². The number of carbonyl (C=O) groups excluding carboxylic acids is 1. The molecule has 0 saturated heterocycles. The van der Waals surface area contributed by atoms with Crippen molar-refractivity contribution in [2.45, 2.75) is 13.3 Å². The molecule has 1 amide bonds. The fourth-order valence-electron chi connectivity index (χ4n) is 1.54. The average Bonchev–Trinajstić information content (AvgIpc) is 2.38. The first-order valence-corrected chi connectivity index (χ1v) is 6.05. The van der Waals surface area contributed by atoms with Crippen LogP contribution in [-0.4, -0.2) is 47.1 Å². The standard InChI is InChI=1S/C12H20N4O2/c1-2-7-16(8-9-17)10-12(18)15-14-11-5-3-4-6-13-11/h3-6,17H,2,7-10H2,1H3,(H,13,14)(H,15,18). The van der Waals surface area contributed by atoms with E-state index in [-0.39, 0.29) is 19.1 Å². The van der Waals surface area contributed by atoms with E-state index < -0.39 is 0 Å². The summed E-state index contributed by atoms with van der Waals surface area (Å²) in [5.41, 5.74) is 5.31. The summed E-state index contributed by atoms with van der Waals surface area (Å²) in [6.45, 7) is 3.64. The molecule has 0 saturated carbocycles. The van der Waals surface area contributed by atoms with Gasteiger partial charge in [0.2, 0.25) is 0 Å². The normalized spacial score (nSPS) is 10.4. The van der Waals surface area contributed by atoms with Gasteiger partial charge in [-0.2, -0.15) is 0 Å². The quantitative estimate of drug-likeness (QED) is 0.577. The Balaban J connectivity index is 2.31. The van der Waals surface area contributed by atoms with Gasteiger partial charge in [0.05, 0.1) is 13.2 Å². The smallest absolute Gasteiger partial charge is 0.252 e. The molecule has 0 bridgehead atoms. The largest absolute Gasteiger partial charge is 0.395 e. The number of pyridine rings is 1. The number of hydrogen-bond acceptors (Lipinski definition) is 5. The number of amides is 1. The van der Waals surface area contributed by atoms with Crippen molar-refractivity contribution in [2.24, 2.45) is 0 Å². The second-order valence-corrected chi connectivity index (χ2v) is 3.89. The zero-order chi connectivity index (χ0) is 13.2. The van der Waals surface area contributed by atoms with Crippen molar-refractivity contribution >= 4 is 11.7 Å². The van der Waals surface area contributed by atoms with Crippen LogP contribution < -0.4 is 10.9 Å². The SMILES string of the molecule is CCCN(CCO)CC(=O)NNc1ccccn1. The molecule has 0 aromatic carbocycles. The van der Waals surface area contributed by atoms with E-state index in [9.17, 15) is 4.79 Å². The third-order valence-electron chi connectivity index (χ3n) is 2.32. The number of aromatic nitrogens is 1. The van der Waals surface area contributed by atoms with Gasteiger partial charge < -0.3 is 5.11 Å². The van der Waals surface area contributed by atoms with E-state index in [0.717, 1.165) is 13.0 Å². The highest BCUT2D eigenvalue weighted by molar-refractivity contribution is 5.79. The van der Waals surface area contributed by atoms with Crippen molar-refractivity contribution in [1.82, 2.24) is 15.3 Å². The summed E-state index contributed by atoms with van der Waals surface area (Å²) < 4.78 is 0. The second kappa shape index (κ2) is 8.43. The first kappa shape index (κ1) is 14.4. The van der Waals surface area contributed by atoms with E-state index >= 15 is 0 Å². The van der Waals surface area contributed by atoms with Gasteiger partial charge in [-0.3, -0.25) is 20.5 Å². The molecular formula is C12H20N4O2. The van der Waals surface area contributed by atoms with Crippen molar-refractivity contribution in [3.63, 3.8) is 0 Å². The Morgan fingerprint density at radius 3 is 2.89 bits per heavy atom. The van der Waals surface area contributed by atoms with Gasteiger partial charge in [-0.15, -0.1) is 0 Å². The van der Waals surface area contributed by atoms with Crippen molar-refractivity contribution < 1.29 is 9.90 Å². The van der Waals surface area contributed by atoms with Gasteiger partial charge in [-0.1, -0.05) is 13.0 Å². The molecule has 6 nitrogen and oxygen atoms in total. The highest BCUT2D eigenvalue weighted by Gasteiger charge is 2.08. The minimum Gasteiger partial charge on any atom is -0.395 e. The molecule has 0 spiro atoms. The Morgan fingerprint density at radius 1 is 1.44 bits per heavy atom. The van der Waals surface area contributed by atoms with Gasteiger partial charge in [0.1, 0.15) is 5.82 Å². The van der Waals surface area contributed by atoms with Gasteiger partial charge in [-0.05, 0) is 25.1 Å². The van der Waals surface area contributed by atoms with E-state index in [1.165, 1.54) is 0 Å². The van der Waals surface area contributed by atoms with E-state index in [4.69, 9.17) is 5.11 Å². The minimum atomic E-state index is -0.150. The molecule has 0 unspecified atom stereocenters. The van der Waals surface area contributed by atoms with E-state index in [0.29, 0.717) is 12.4 Å². The molecule has 0 aliphatic rings. The van der Waals surface area contributed by atoms with Crippen LogP contribution in [0.5, 0.6) is 0 Å². The summed E-state index contributed by atoms with van der Waals surface area (Å²) >= 11 is 0. The molecule has 0 atom stereocenters. The van der Waals surface area contributed by atoms with Crippen LogP contribution in [0.25, 0.3) is 0 Å². The van der Waals surface area contributed by atoms with Gasteiger partial charge in [0.25, 0.3) is 5.91 Å². The molecule has 3 N–H and O–H groups in total. The second-order valence-electron chi connectivity index (χ2n) is 3.89. The summed E-state index contributed by atoms with van der Waals surface area (Å²) in [7, 11) is 0. The van der Waals surface area contributed by atoms with E-state index in [2.05, 4.69) is 15.8 Å². The molecule has 1 aromatic heterocycles. The molecule has 0 aliphatic carbocycles. The van der Waals surface area contributed by atoms with Gasteiger partial charge in [-0.25, -0.2) is 4.98 Å². The number of hydrogen-bond donors (Lipinski definition) is 3. The topological polar surface area (TPSA) is 77.5 Å². The predicted molar refractivity (Wildman–Crippen MR) is 69.8 cm³/mol. The van der Waals surface area contributed by atoms with Crippen LogP contribution in [0.4, 0.5) is 5.82 Å². The number of hydrazine groups is 1. The fraction of sp³-hybridized carbons (Fsp3) is 0.500. The monoisotopic (exact) mass is 252 g/mol. The number of nitrogens with zero attached hydrogens (tertiary/aromatic N) is 2. The number of carbonyl (C=O) groups is 1. The van der Waals surface area contributed by atoms with Crippen molar-refractivity contribution in [1.29, 1.82) is 0 Å². The third kappa shape index (κ3) is 5.60. The molecule has 1 aromatic rings. The lowest BCUT2D eigenvalue weighted by molar-refractivity contribution is -0.121. The lowest BCUT2D eigenvalue weighted by atomic mass is 10.4. The predicted octanol–water partition coefficient (Wildman–Crippen LogP) is 0.229. The molecular weight excluding hydrogens is 232 g/mol. The highest BCUT2D eigenvalue weighted by atomic mass is 16.3. The maximum Gasteiger partial charge on any atom is 0.252 e. The minimum absolute atomic E-state index is 0.0565. The van der Waals surface area contributed by atoms with Gasteiger partial charge in [0.15, 0.2) is 0 Å². The zero-order valence-corrected chi connectivity index (χ0v) is 10.6. The summed E-state index contributed by atoms with van der Waals surface area (Å²) in [4.78, 5) is 17.6. The molecule has 0 aliphatic heterocycles. The Labute approximate surface area is 107 Å². The van der Waals surface area contributed by atoms with Crippen LogP contribution in [0, 0.1) is 0 Å². The average molecular weight is 252 g/mol. The van der Waals surface area contributed by atoms with Crippen molar-refractivity contribution in [3.8, 4) is 0 Å². The first-order chi connectivity index (χ1) is 8.76. The van der Waals surface area contributed by atoms with Crippen LogP contribution in [0.15, 0.2) is 24.4 Å². The van der Waals surface area contributed by atoms with Gasteiger partial charge >= 0.3 is 0 Å². The first-order valence-electron chi connectivity index (χ1n) is 6.05. The lowest BCUT2D eigenvalue weighted by Crippen LogP contribution is -2.41. The fourth-order valence-corrected chi connectivity index (χ4v) is 1.54. The van der Waals surface area contributed by atoms with E-state index in [1.54, 1.807) is 18.3 Å². The molecule has 0 radical (unpaired) electrons. The summed E-state index contributed by atoms with van der Waals surface area (Å²) in [6.07, 6.45) is 2.59. The molecule has 1 heterocycles. The molecule has 100 valence electrons. The number of rotatable bonds is 8. The van der Waals surface area contributed by atoms with Crippen LogP contribution in [0.2, 0.25) is 0 Å². The number of aliphatic hydroxyl groups excluding tert-OH is 1. The van der Waals surface area contributed by atoms with Crippen molar-refractivity contribution in [3.05, 3.63) is 24.4 Å². The van der Waals surface area contributed by atoms with Crippen LogP contribution in [0.1, 0.15) is 13.3 Å². The Kier molecular flexibility index (Phi) is 6.75. The number of aliphatic hydroxyl groups is 1. The number of anilines is 1. The Morgan fingerprint density at radius 2 is 2.28 bits per heavy atom. The third-order valence-corrected chi connectivity index (χ3v) is 2.32. The van der Waals surface area contributed by atoms with Crippen LogP contribution in [0.3, 0.4) is 0 Å². The maximum absolute atomic E-state index is 11.7. The maximum atomic E-state index is 11.7. The molecule has 0 fully saturated rings. The highest BCUT2D eigenvalue weighted by Crippen LogP contribution is 1.97. The van der Waals surface area contributed by atoms with Crippen molar-refractivity contribution in [2.75, 3.05) is 31.7 Å². The molecule has 6 heteroatoms. The lowest BCUT2D eigenvalue weighted by Gasteiger charge is -2.19. The summed E-state index contributed by atoms with van der Waals surface area (Å²) in [5, 5.41) is 8.89. The summed E-state index contributed by atoms with van der Waals surface area (Å²) in [6, 6.07) is 5.39. The Hall–Kier alpha value is -1.66. The molecule has 18 heavy (non-hydrogen) atoms. The van der Waals surface area contributed by atoms with E-state index in [1.807, 2.05) is 17.9 Å². The number of nitrogens with one attached hydrogen (secondary N) is 2. The molecule has 1 rings (SSSR count). The zero-order valence-electron chi connectivity index (χ0n) is 10.6. The van der Waals surface area contributed by atoms with Crippen LogP contribution in [-0.2, 0) is 4.79 Å². The van der Waals surface area contributed by atoms with Gasteiger partial charge in [0, 0.05) is 12.7 Å². The Bertz CT molecular complexity index is 339. The summed E-state index contributed by atoms with van der Waals surface area (Å²) in [5.74, 6) is 0.442.